The van der Waals surface area contributed by atoms with Crippen LogP contribution >= 0.6 is 0 Å². The molecule has 1 aliphatic heterocycles. The number of anilines is 1. The highest BCUT2D eigenvalue weighted by atomic mass is 16.2. The molecule has 0 atom stereocenters. The fourth-order valence-corrected chi connectivity index (χ4v) is 3.92. The van der Waals surface area contributed by atoms with Gasteiger partial charge in [-0.05, 0) is 54.0 Å². The molecule has 0 unspecified atom stereocenters. The summed E-state index contributed by atoms with van der Waals surface area (Å²) in [4.78, 5) is 15.1. The summed E-state index contributed by atoms with van der Waals surface area (Å²) in [5, 5.41) is 8.51. The lowest BCUT2D eigenvalue weighted by Crippen LogP contribution is -2.26. The number of hydrogen-bond donors (Lipinski definition) is 2. The number of aromatic nitrogens is 2. The average molecular weight is 377 g/mol. The van der Waals surface area contributed by atoms with Crippen LogP contribution in [0.3, 0.4) is 0 Å². The minimum absolute atomic E-state index is 0.00958. The third kappa shape index (κ3) is 3.37. The normalized spacial score (nSPS) is 13.5. The minimum atomic E-state index is -0.00958. The van der Waals surface area contributed by atoms with Crippen LogP contribution in [0.5, 0.6) is 0 Å². The van der Waals surface area contributed by atoms with Gasteiger partial charge < -0.3 is 10.6 Å². The van der Waals surface area contributed by atoms with Crippen LogP contribution in [0, 0.1) is 5.92 Å². The van der Waals surface area contributed by atoms with E-state index in [2.05, 4.69) is 49.2 Å². The van der Waals surface area contributed by atoms with E-state index in [4.69, 9.17) is 5.73 Å². The quantitative estimate of drug-likeness (QED) is 0.646. The van der Waals surface area contributed by atoms with Crippen molar-refractivity contribution in [3.8, 4) is 0 Å². The first kappa shape index (κ1) is 18.5. The molecule has 4 rings (SSSR count). The Labute approximate surface area is 165 Å². The van der Waals surface area contributed by atoms with Gasteiger partial charge in [-0.1, -0.05) is 39.0 Å². The first-order chi connectivity index (χ1) is 13.5. The van der Waals surface area contributed by atoms with Crippen molar-refractivity contribution in [1.82, 2.24) is 15.1 Å². The Balaban J connectivity index is 1.62. The first-order valence-electron chi connectivity index (χ1n) is 10.1. The van der Waals surface area contributed by atoms with Gasteiger partial charge in [0.05, 0.1) is 11.1 Å². The molecule has 1 aromatic heterocycles. The fraction of sp³-hybridized carbons (Fsp3) is 0.391. The van der Waals surface area contributed by atoms with Crippen molar-refractivity contribution in [3.63, 3.8) is 0 Å². The molecule has 0 fully saturated rings. The number of nitrogen functional groups attached to an aromatic ring is 1. The highest BCUT2D eigenvalue weighted by molar-refractivity contribution is 6.04. The van der Waals surface area contributed by atoms with E-state index in [1.165, 1.54) is 16.7 Å². The van der Waals surface area contributed by atoms with Gasteiger partial charge in [0.15, 0.2) is 0 Å². The van der Waals surface area contributed by atoms with Crippen molar-refractivity contribution < 1.29 is 4.79 Å². The summed E-state index contributed by atoms with van der Waals surface area (Å²) in [6.45, 7) is 7.85. The maximum Gasteiger partial charge on any atom is 0.256 e. The van der Waals surface area contributed by atoms with E-state index in [1.54, 1.807) is 0 Å². The molecule has 0 bridgehead atoms. The second kappa shape index (κ2) is 7.30. The zero-order valence-corrected chi connectivity index (χ0v) is 16.9. The van der Waals surface area contributed by atoms with Crippen LogP contribution in [0.15, 0.2) is 30.3 Å². The lowest BCUT2D eigenvalue weighted by atomic mass is 10.0. The largest absolute Gasteiger partial charge is 0.398 e. The number of nitrogens with two attached hydrogens (primary N) is 1. The minimum Gasteiger partial charge on any atom is -0.398 e. The molecule has 0 saturated carbocycles. The summed E-state index contributed by atoms with van der Waals surface area (Å²) in [5.74, 6) is 0.606. The van der Waals surface area contributed by atoms with E-state index >= 15 is 0 Å². The number of nitrogens with zero attached hydrogens (tertiary/aromatic N) is 2. The molecule has 0 aliphatic carbocycles. The van der Waals surface area contributed by atoms with Crippen LogP contribution in [0.1, 0.15) is 59.9 Å². The lowest BCUT2D eigenvalue weighted by Gasteiger charge is -2.17. The first-order valence-corrected chi connectivity index (χ1v) is 10.1. The molecule has 5 nitrogen and oxygen atoms in total. The number of amides is 1. The van der Waals surface area contributed by atoms with E-state index in [1.807, 2.05) is 17.0 Å². The van der Waals surface area contributed by atoms with Gasteiger partial charge >= 0.3 is 0 Å². The van der Waals surface area contributed by atoms with Crippen LogP contribution in [0.4, 0.5) is 5.69 Å². The third-order valence-electron chi connectivity index (χ3n) is 5.69. The number of nitrogens with one attached hydrogen (secondary N) is 1. The van der Waals surface area contributed by atoms with Crippen LogP contribution in [0.2, 0.25) is 0 Å². The van der Waals surface area contributed by atoms with E-state index in [9.17, 15) is 4.79 Å². The SMILES string of the molecule is CCc1ccc2c(c1)CN(C(=O)c1cc3c(CCC(C)C)[nH]nc3cc1N)C2. The standard InChI is InChI=1S/C23H28N4O/c1-4-15-6-7-16-12-27(13-17(16)9-15)23(28)18-10-19-21(8-5-14(2)3)25-26-22(19)11-20(18)24/h6-7,9-11,14H,4-5,8,12-13,24H2,1-3H3,(H,25,26). The molecule has 3 N–H and O–H groups in total. The van der Waals surface area contributed by atoms with Crippen LogP contribution < -0.4 is 5.73 Å². The predicted octanol–water partition coefficient (Wildman–Crippen LogP) is 4.45. The summed E-state index contributed by atoms with van der Waals surface area (Å²) in [5.41, 5.74) is 13.0. The molecule has 1 amide bonds. The molecule has 0 spiro atoms. The second-order valence-corrected chi connectivity index (χ2v) is 8.21. The molecule has 0 saturated heterocycles. The van der Waals surface area contributed by atoms with E-state index < -0.39 is 0 Å². The summed E-state index contributed by atoms with van der Waals surface area (Å²) >= 11 is 0. The Morgan fingerprint density at radius 3 is 2.75 bits per heavy atom. The molecule has 0 radical (unpaired) electrons. The maximum atomic E-state index is 13.2. The molecule has 146 valence electrons. The number of carbonyl (C=O) groups is 1. The monoisotopic (exact) mass is 376 g/mol. The van der Waals surface area contributed by atoms with Gasteiger partial charge in [-0.25, -0.2) is 0 Å². The van der Waals surface area contributed by atoms with Gasteiger partial charge in [0.1, 0.15) is 0 Å². The van der Waals surface area contributed by atoms with Crippen molar-refractivity contribution in [2.45, 2.75) is 53.1 Å². The van der Waals surface area contributed by atoms with Gasteiger partial charge in [0, 0.05) is 29.9 Å². The highest BCUT2D eigenvalue weighted by Gasteiger charge is 2.26. The number of rotatable bonds is 5. The van der Waals surface area contributed by atoms with Gasteiger partial charge in [0.2, 0.25) is 0 Å². The van der Waals surface area contributed by atoms with Crippen molar-refractivity contribution in [1.29, 1.82) is 0 Å². The number of carbonyl (C=O) groups excluding carboxylic acids is 1. The molecular formula is C23H28N4O. The fourth-order valence-electron chi connectivity index (χ4n) is 3.92. The van der Waals surface area contributed by atoms with E-state index in [0.717, 1.165) is 35.9 Å². The summed E-state index contributed by atoms with van der Waals surface area (Å²) in [6, 6.07) is 10.3. The number of aryl methyl sites for hydroxylation is 2. The van der Waals surface area contributed by atoms with Crippen molar-refractivity contribution in [3.05, 3.63) is 58.3 Å². The molecule has 2 heterocycles. The average Bonchev–Trinajstić information content (AvgIpc) is 3.27. The Morgan fingerprint density at radius 1 is 1.21 bits per heavy atom. The van der Waals surface area contributed by atoms with Gasteiger partial charge in [0.25, 0.3) is 5.91 Å². The van der Waals surface area contributed by atoms with Crippen molar-refractivity contribution in [2.24, 2.45) is 5.92 Å². The third-order valence-corrected chi connectivity index (χ3v) is 5.69. The summed E-state index contributed by atoms with van der Waals surface area (Å²) < 4.78 is 0. The summed E-state index contributed by atoms with van der Waals surface area (Å²) in [7, 11) is 0. The van der Waals surface area contributed by atoms with Gasteiger partial charge in [-0.3, -0.25) is 9.89 Å². The number of H-pyrrole nitrogens is 1. The van der Waals surface area contributed by atoms with Crippen LogP contribution in [-0.4, -0.2) is 21.0 Å². The van der Waals surface area contributed by atoms with Gasteiger partial charge in [-0.2, -0.15) is 5.10 Å². The smallest absolute Gasteiger partial charge is 0.256 e. The van der Waals surface area contributed by atoms with E-state index in [-0.39, 0.29) is 5.91 Å². The maximum absolute atomic E-state index is 13.2. The van der Waals surface area contributed by atoms with Crippen molar-refractivity contribution >= 4 is 22.5 Å². The zero-order valence-electron chi connectivity index (χ0n) is 16.9. The topological polar surface area (TPSA) is 75.0 Å². The number of aromatic amines is 1. The van der Waals surface area contributed by atoms with Gasteiger partial charge in [-0.15, -0.1) is 0 Å². The Kier molecular flexibility index (Phi) is 4.84. The van der Waals surface area contributed by atoms with Crippen LogP contribution in [0.25, 0.3) is 10.9 Å². The van der Waals surface area contributed by atoms with Crippen molar-refractivity contribution in [2.75, 3.05) is 5.73 Å². The molecule has 28 heavy (non-hydrogen) atoms. The number of benzene rings is 2. The second-order valence-electron chi connectivity index (χ2n) is 8.21. The predicted molar refractivity (Wildman–Crippen MR) is 113 cm³/mol. The molecule has 3 aromatic rings. The molecule has 5 heteroatoms. The Morgan fingerprint density at radius 2 is 2.00 bits per heavy atom. The van der Waals surface area contributed by atoms with E-state index in [0.29, 0.717) is 30.3 Å². The molecule has 1 aliphatic rings. The zero-order chi connectivity index (χ0) is 19.8. The lowest BCUT2D eigenvalue weighted by molar-refractivity contribution is 0.0752. The number of hydrogen-bond acceptors (Lipinski definition) is 3. The van der Waals surface area contributed by atoms with Crippen LogP contribution in [-0.2, 0) is 25.9 Å². The molecule has 2 aromatic carbocycles. The molecular weight excluding hydrogens is 348 g/mol. The number of fused-ring (bicyclic) bond motifs is 2. The highest BCUT2D eigenvalue weighted by Crippen LogP contribution is 2.29. The summed E-state index contributed by atoms with van der Waals surface area (Å²) in [6.07, 6.45) is 3.00. The Bertz CT molecular complexity index is 1030. The Hall–Kier alpha value is -2.82.